The van der Waals surface area contributed by atoms with Crippen LogP contribution in [0.1, 0.15) is 38.7 Å². The Labute approximate surface area is 169 Å². The molecule has 9 heteroatoms. The lowest BCUT2D eigenvalue weighted by atomic mass is 9.96. The van der Waals surface area contributed by atoms with E-state index in [-0.39, 0.29) is 18.8 Å². The number of benzene rings is 1. The van der Waals surface area contributed by atoms with E-state index < -0.39 is 48.3 Å². The molecule has 2 amide bonds. The van der Waals surface area contributed by atoms with E-state index in [1.807, 2.05) is 37.3 Å². The number of carboxylic acids is 2. The maximum atomic E-state index is 12.6. The summed E-state index contributed by atoms with van der Waals surface area (Å²) in [7, 11) is 0. The second kappa shape index (κ2) is 11.8. The molecule has 0 aliphatic heterocycles. The molecule has 0 aliphatic carbocycles. The van der Waals surface area contributed by atoms with Crippen LogP contribution < -0.4 is 16.4 Å². The average molecular weight is 407 g/mol. The minimum Gasteiger partial charge on any atom is -0.481 e. The summed E-state index contributed by atoms with van der Waals surface area (Å²) in [5, 5.41) is 22.9. The van der Waals surface area contributed by atoms with Gasteiger partial charge in [-0.2, -0.15) is 0 Å². The summed E-state index contributed by atoms with van der Waals surface area (Å²) in [5.41, 5.74) is 6.84. The molecule has 0 heterocycles. The minimum absolute atomic E-state index is 0.259. The molecule has 0 bridgehead atoms. The van der Waals surface area contributed by atoms with Crippen molar-refractivity contribution in [2.45, 2.75) is 57.7 Å². The van der Waals surface area contributed by atoms with Crippen LogP contribution >= 0.6 is 0 Å². The summed E-state index contributed by atoms with van der Waals surface area (Å²) in [6.45, 7) is 3.58. The molecule has 0 radical (unpaired) electrons. The molecule has 0 saturated heterocycles. The predicted molar refractivity (Wildman–Crippen MR) is 106 cm³/mol. The van der Waals surface area contributed by atoms with Crippen LogP contribution in [0.5, 0.6) is 0 Å². The highest BCUT2D eigenvalue weighted by atomic mass is 16.4. The number of carbonyl (C=O) groups excluding carboxylic acids is 2. The molecule has 1 aromatic rings. The lowest BCUT2D eigenvalue weighted by Gasteiger charge is -2.26. The van der Waals surface area contributed by atoms with Crippen molar-refractivity contribution in [2.24, 2.45) is 11.7 Å². The zero-order valence-electron chi connectivity index (χ0n) is 16.6. The summed E-state index contributed by atoms with van der Waals surface area (Å²) < 4.78 is 0. The lowest BCUT2D eigenvalue weighted by Crippen LogP contribution is -2.57. The van der Waals surface area contributed by atoms with Crippen molar-refractivity contribution in [3.05, 3.63) is 35.9 Å². The maximum absolute atomic E-state index is 12.6. The van der Waals surface area contributed by atoms with Crippen LogP contribution in [0.2, 0.25) is 0 Å². The molecule has 0 fully saturated rings. The van der Waals surface area contributed by atoms with Crippen molar-refractivity contribution in [2.75, 3.05) is 0 Å². The van der Waals surface area contributed by atoms with Crippen LogP contribution in [-0.4, -0.2) is 52.1 Å². The normalized spacial score (nSPS) is 14.9. The molecular weight excluding hydrogens is 378 g/mol. The van der Waals surface area contributed by atoms with Crippen molar-refractivity contribution >= 4 is 23.8 Å². The quantitative estimate of drug-likeness (QED) is 0.338. The van der Waals surface area contributed by atoms with Gasteiger partial charge in [0.25, 0.3) is 0 Å². The number of amides is 2. The number of carbonyl (C=O) groups is 4. The van der Waals surface area contributed by atoms with Gasteiger partial charge < -0.3 is 26.6 Å². The molecule has 0 spiro atoms. The SMILES string of the molecule is CCC(C)C(NC(=O)C(N)Cc1ccccc1)C(=O)NC(CCC(=O)O)C(=O)O. The monoisotopic (exact) mass is 407 g/mol. The smallest absolute Gasteiger partial charge is 0.326 e. The Kier molecular flexibility index (Phi) is 9.81. The minimum atomic E-state index is -1.36. The molecule has 9 nitrogen and oxygen atoms in total. The van der Waals surface area contributed by atoms with Gasteiger partial charge in [0.15, 0.2) is 0 Å². The number of aliphatic carboxylic acids is 2. The standard InChI is InChI=1S/C20H29N3O6/c1-3-12(2)17(19(27)22-15(20(28)29)9-10-16(24)25)23-18(26)14(21)11-13-7-5-4-6-8-13/h4-8,12,14-15,17H,3,9-11,21H2,1-2H3,(H,22,27)(H,23,26)(H,24,25)(H,28,29). The van der Waals surface area contributed by atoms with E-state index in [2.05, 4.69) is 10.6 Å². The molecular formula is C20H29N3O6. The summed E-state index contributed by atoms with van der Waals surface area (Å²) in [4.78, 5) is 47.2. The molecule has 4 unspecified atom stereocenters. The van der Waals surface area contributed by atoms with Crippen LogP contribution in [-0.2, 0) is 25.6 Å². The van der Waals surface area contributed by atoms with E-state index in [4.69, 9.17) is 10.8 Å². The Hall–Kier alpha value is -2.94. The van der Waals surface area contributed by atoms with Crippen molar-refractivity contribution in [1.82, 2.24) is 10.6 Å². The van der Waals surface area contributed by atoms with E-state index in [1.54, 1.807) is 6.92 Å². The average Bonchev–Trinajstić information content (AvgIpc) is 2.68. The number of nitrogens with one attached hydrogen (secondary N) is 2. The first-order valence-electron chi connectivity index (χ1n) is 9.50. The van der Waals surface area contributed by atoms with Crippen molar-refractivity contribution < 1.29 is 29.4 Å². The Morgan fingerprint density at radius 3 is 2.17 bits per heavy atom. The molecule has 4 atom stereocenters. The third-order valence-electron chi connectivity index (χ3n) is 4.69. The van der Waals surface area contributed by atoms with Crippen molar-refractivity contribution in [3.63, 3.8) is 0 Å². The Morgan fingerprint density at radius 1 is 1.03 bits per heavy atom. The fourth-order valence-corrected chi connectivity index (χ4v) is 2.71. The van der Waals surface area contributed by atoms with E-state index >= 15 is 0 Å². The van der Waals surface area contributed by atoms with Crippen LogP contribution in [0, 0.1) is 5.92 Å². The fourth-order valence-electron chi connectivity index (χ4n) is 2.71. The molecule has 0 aliphatic rings. The van der Waals surface area contributed by atoms with Gasteiger partial charge in [0.05, 0.1) is 6.04 Å². The lowest BCUT2D eigenvalue weighted by molar-refractivity contribution is -0.143. The van der Waals surface area contributed by atoms with E-state index in [9.17, 15) is 24.3 Å². The van der Waals surface area contributed by atoms with Gasteiger partial charge in [0, 0.05) is 6.42 Å². The zero-order chi connectivity index (χ0) is 22.0. The molecule has 6 N–H and O–H groups in total. The highest BCUT2D eigenvalue weighted by molar-refractivity contribution is 5.92. The summed E-state index contributed by atoms with van der Waals surface area (Å²) in [5.74, 6) is -3.99. The summed E-state index contributed by atoms with van der Waals surface area (Å²) in [6.07, 6.45) is 0.182. The van der Waals surface area contributed by atoms with Crippen LogP contribution in [0.3, 0.4) is 0 Å². The third kappa shape index (κ3) is 8.30. The number of carboxylic acid groups (broad SMARTS) is 2. The number of nitrogens with two attached hydrogens (primary N) is 1. The second-order valence-corrected chi connectivity index (χ2v) is 7.00. The Balaban J connectivity index is 2.81. The molecule has 0 saturated carbocycles. The van der Waals surface area contributed by atoms with Gasteiger partial charge in [-0.25, -0.2) is 4.79 Å². The first-order valence-corrected chi connectivity index (χ1v) is 9.50. The fraction of sp³-hybridized carbons (Fsp3) is 0.500. The van der Waals surface area contributed by atoms with Crippen molar-refractivity contribution in [1.29, 1.82) is 0 Å². The predicted octanol–water partition coefficient (Wildman–Crippen LogP) is 0.522. The van der Waals surface area contributed by atoms with Crippen LogP contribution in [0.4, 0.5) is 0 Å². The first-order chi connectivity index (χ1) is 13.6. The molecule has 1 rings (SSSR count). The largest absolute Gasteiger partial charge is 0.481 e. The van der Waals surface area contributed by atoms with Gasteiger partial charge >= 0.3 is 11.9 Å². The highest BCUT2D eigenvalue weighted by Crippen LogP contribution is 2.10. The van der Waals surface area contributed by atoms with Crippen LogP contribution in [0.15, 0.2) is 30.3 Å². The van der Waals surface area contributed by atoms with Gasteiger partial charge in [0.2, 0.25) is 11.8 Å². The summed E-state index contributed by atoms with van der Waals surface area (Å²) in [6, 6.07) is 5.97. The van der Waals surface area contributed by atoms with Gasteiger partial charge in [0.1, 0.15) is 12.1 Å². The molecule has 29 heavy (non-hydrogen) atoms. The van der Waals surface area contributed by atoms with Gasteiger partial charge in [-0.05, 0) is 24.3 Å². The highest BCUT2D eigenvalue weighted by Gasteiger charge is 2.31. The maximum Gasteiger partial charge on any atom is 0.326 e. The zero-order valence-corrected chi connectivity index (χ0v) is 16.6. The van der Waals surface area contributed by atoms with E-state index in [0.717, 1.165) is 5.56 Å². The Bertz CT molecular complexity index is 709. The van der Waals surface area contributed by atoms with E-state index in [1.165, 1.54) is 0 Å². The summed E-state index contributed by atoms with van der Waals surface area (Å²) >= 11 is 0. The topological polar surface area (TPSA) is 159 Å². The van der Waals surface area contributed by atoms with Gasteiger partial charge in [-0.1, -0.05) is 50.6 Å². The molecule has 0 aromatic heterocycles. The molecule has 1 aromatic carbocycles. The third-order valence-corrected chi connectivity index (χ3v) is 4.69. The number of hydrogen-bond acceptors (Lipinski definition) is 5. The Morgan fingerprint density at radius 2 is 1.66 bits per heavy atom. The van der Waals surface area contributed by atoms with Crippen molar-refractivity contribution in [3.8, 4) is 0 Å². The second-order valence-electron chi connectivity index (χ2n) is 7.00. The van der Waals surface area contributed by atoms with Gasteiger partial charge in [-0.3, -0.25) is 14.4 Å². The number of rotatable bonds is 12. The molecule has 160 valence electrons. The first kappa shape index (κ1) is 24.1. The van der Waals surface area contributed by atoms with Gasteiger partial charge in [-0.15, -0.1) is 0 Å². The van der Waals surface area contributed by atoms with Crippen LogP contribution in [0.25, 0.3) is 0 Å². The van der Waals surface area contributed by atoms with E-state index in [0.29, 0.717) is 6.42 Å². The number of hydrogen-bond donors (Lipinski definition) is 5.